The van der Waals surface area contributed by atoms with Gasteiger partial charge in [0, 0.05) is 25.7 Å². The molecule has 0 aromatic rings. The molecule has 83 heavy (non-hydrogen) atoms. The van der Waals surface area contributed by atoms with Crippen LogP contribution in [0.4, 0.5) is 0 Å². The molecule has 0 aliphatic heterocycles. The van der Waals surface area contributed by atoms with E-state index in [1.54, 1.807) is 0 Å². The Morgan fingerprint density at radius 1 is 0.337 bits per heavy atom. The molecule has 0 amide bonds. The molecule has 0 saturated carbocycles. The summed E-state index contributed by atoms with van der Waals surface area (Å²) in [7, 11) is -9.89. The molecule has 17 nitrogen and oxygen atoms in total. The minimum Gasteiger partial charge on any atom is -0.462 e. The van der Waals surface area contributed by atoms with E-state index in [2.05, 4.69) is 55.4 Å². The zero-order valence-corrected chi connectivity index (χ0v) is 55.6. The monoisotopic (exact) mass is 1230 g/mol. The quantitative estimate of drug-likeness (QED) is 0.0222. The van der Waals surface area contributed by atoms with Gasteiger partial charge < -0.3 is 33.8 Å². The summed E-state index contributed by atoms with van der Waals surface area (Å²) < 4.78 is 68.0. The Bertz CT molecular complexity index is 1670. The van der Waals surface area contributed by atoms with E-state index in [0.29, 0.717) is 37.5 Å². The molecule has 0 aliphatic rings. The van der Waals surface area contributed by atoms with Crippen molar-refractivity contribution in [2.45, 2.75) is 324 Å². The zero-order chi connectivity index (χ0) is 61.8. The van der Waals surface area contributed by atoms with Crippen molar-refractivity contribution >= 4 is 39.5 Å². The van der Waals surface area contributed by atoms with Gasteiger partial charge in [-0.05, 0) is 49.4 Å². The minimum atomic E-state index is -4.95. The molecule has 3 N–H and O–H groups in total. The number of esters is 4. The highest BCUT2D eigenvalue weighted by Gasteiger charge is 2.30. The van der Waals surface area contributed by atoms with E-state index in [0.717, 1.165) is 115 Å². The largest absolute Gasteiger partial charge is 0.472 e. The van der Waals surface area contributed by atoms with Crippen LogP contribution >= 0.6 is 15.6 Å². The van der Waals surface area contributed by atoms with Crippen molar-refractivity contribution in [3.05, 3.63) is 0 Å². The summed E-state index contributed by atoms with van der Waals surface area (Å²) in [5, 5.41) is 10.5. The summed E-state index contributed by atoms with van der Waals surface area (Å²) in [5.74, 6) is 0.764. The molecule has 0 aromatic carbocycles. The molecule has 19 heteroatoms. The SMILES string of the molecule is CCC(C)CCCCCCCCCCCCC(=O)O[C@H](COC(=O)CCCCCCCCC(C)C)COP(=O)(O)OC[C@H](O)COP(=O)(O)OC[C@@H](COC(=O)CCCCCCCCCC(C)C)OC(=O)CCCCCCCCC(C)CC. The van der Waals surface area contributed by atoms with Crippen LogP contribution in [0.2, 0.25) is 0 Å². The molecule has 0 heterocycles. The van der Waals surface area contributed by atoms with Crippen LogP contribution in [0.15, 0.2) is 0 Å². The first kappa shape index (κ1) is 81.1. The Hall–Kier alpha value is -1.94. The van der Waals surface area contributed by atoms with E-state index in [1.165, 1.54) is 96.3 Å². The van der Waals surface area contributed by atoms with Crippen molar-refractivity contribution in [3.8, 4) is 0 Å². The maximum Gasteiger partial charge on any atom is 0.472 e. The van der Waals surface area contributed by atoms with Crippen LogP contribution in [0.5, 0.6) is 0 Å². The van der Waals surface area contributed by atoms with Crippen molar-refractivity contribution in [2.75, 3.05) is 39.6 Å². The van der Waals surface area contributed by atoms with E-state index in [4.69, 9.17) is 37.0 Å². The second-order valence-electron chi connectivity index (χ2n) is 24.6. The van der Waals surface area contributed by atoms with Gasteiger partial charge in [-0.3, -0.25) is 37.3 Å². The lowest BCUT2D eigenvalue weighted by Crippen LogP contribution is -2.30. The molecule has 0 rings (SSSR count). The van der Waals surface area contributed by atoms with Crippen molar-refractivity contribution in [2.24, 2.45) is 23.7 Å². The van der Waals surface area contributed by atoms with Crippen molar-refractivity contribution in [1.82, 2.24) is 0 Å². The molecule has 0 spiro atoms. The lowest BCUT2D eigenvalue weighted by molar-refractivity contribution is -0.161. The Balaban J connectivity index is 5.25. The number of carbonyl (C=O) groups excluding carboxylic acids is 4. The van der Waals surface area contributed by atoms with Crippen LogP contribution in [-0.2, 0) is 65.4 Å². The van der Waals surface area contributed by atoms with Crippen LogP contribution < -0.4 is 0 Å². The number of hydrogen-bond donors (Lipinski definition) is 3. The summed E-state index contributed by atoms with van der Waals surface area (Å²) in [6, 6.07) is 0. The number of hydrogen-bond acceptors (Lipinski definition) is 15. The Kier molecular flexibility index (Phi) is 53.0. The van der Waals surface area contributed by atoms with Crippen LogP contribution in [0, 0.1) is 23.7 Å². The van der Waals surface area contributed by atoms with Gasteiger partial charge in [-0.25, -0.2) is 9.13 Å². The number of aliphatic hydroxyl groups excluding tert-OH is 1. The highest BCUT2D eigenvalue weighted by molar-refractivity contribution is 7.47. The van der Waals surface area contributed by atoms with Crippen LogP contribution in [0.1, 0.15) is 306 Å². The third-order valence-corrected chi connectivity index (χ3v) is 17.2. The van der Waals surface area contributed by atoms with Crippen molar-refractivity contribution in [1.29, 1.82) is 0 Å². The van der Waals surface area contributed by atoms with Gasteiger partial charge in [0.25, 0.3) is 0 Å². The van der Waals surface area contributed by atoms with Gasteiger partial charge >= 0.3 is 39.5 Å². The third kappa shape index (κ3) is 56.3. The minimum absolute atomic E-state index is 0.101. The fourth-order valence-corrected chi connectivity index (χ4v) is 10.9. The third-order valence-electron chi connectivity index (χ3n) is 15.3. The van der Waals surface area contributed by atoms with Crippen molar-refractivity contribution in [3.63, 3.8) is 0 Å². The predicted molar refractivity (Wildman–Crippen MR) is 331 cm³/mol. The summed E-state index contributed by atoms with van der Waals surface area (Å²) in [6.07, 6.45) is 33.6. The molecule has 4 unspecified atom stereocenters. The number of phosphoric ester groups is 2. The highest BCUT2D eigenvalue weighted by Crippen LogP contribution is 2.45. The molecular formula is C64H124O17P2. The average Bonchev–Trinajstić information content (AvgIpc) is 3.45. The second-order valence-corrected chi connectivity index (χ2v) is 27.5. The molecule has 0 aromatic heterocycles. The number of rotatable bonds is 61. The van der Waals surface area contributed by atoms with E-state index in [9.17, 15) is 43.2 Å². The first-order valence-electron chi connectivity index (χ1n) is 33.3. The number of aliphatic hydroxyl groups is 1. The lowest BCUT2D eigenvalue weighted by atomic mass is 9.99. The van der Waals surface area contributed by atoms with Gasteiger partial charge in [0.05, 0.1) is 26.4 Å². The first-order chi connectivity index (χ1) is 39.7. The maximum absolute atomic E-state index is 13.0. The molecule has 0 bridgehead atoms. The summed E-state index contributed by atoms with van der Waals surface area (Å²) in [6.45, 7) is 13.9. The number of phosphoric acid groups is 2. The standard InChI is InChI=1S/C64H124O17P2/c1-9-56(7)42-34-26-17-13-11-12-14-18-30-38-46-63(68)80-59(51-75-62(67)45-37-29-22-20-25-33-41-55(5)6)52-78-82(70,71)76-48-58(65)49-77-83(72,73)79-53-60(81-64(69)47-39-31-23-21-27-35-43-57(8)10-2)50-74-61(66)44-36-28-19-15-16-24-32-40-54(3)4/h54-60,65H,9-53H2,1-8H3,(H,70,71)(H,72,73)/t56?,57?,58-,59+,60+/m0/s1. The number of carbonyl (C=O) groups is 4. The van der Waals surface area contributed by atoms with E-state index in [-0.39, 0.29) is 25.7 Å². The van der Waals surface area contributed by atoms with Gasteiger partial charge in [0.1, 0.15) is 19.3 Å². The fraction of sp³-hybridized carbons (Fsp3) is 0.938. The molecule has 0 fully saturated rings. The summed E-state index contributed by atoms with van der Waals surface area (Å²) in [5.41, 5.74) is 0. The topological polar surface area (TPSA) is 237 Å². The highest BCUT2D eigenvalue weighted by atomic mass is 31.2. The second kappa shape index (κ2) is 54.2. The normalized spacial score (nSPS) is 15.1. The van der Waals surface area contributed by atoms with Gasteiger partial charge in [-0.1, -0.05) is 254 Å². The molecule has 0 aliphatic carbocycles. The smallest absolute Gasteiger partial charge is 0.462 e. The van der Waals surface area contributed by atoms with Gasteiger partial charge in [-0.15, -0.1) is 0 Å². The van der Waals surface area contributed by atoms with E-state index < -0.39 is 97.5 Å². The molecule has 7 atom stereocenters. The Morgan fingerprint density at radius 3 is 0.855 bits per heavy atom. The van der Waals surface area contributed by atoms with Crippen LogP contribution in [0.3, 0.4) is 0 Å². The lowest BCUT2D eigenvalue weighted by Gasteiger charge is -2.21. The summed E-state index contributed by atoms with van der Waals surface area (Å²) in [4.78, 5) is 72.2. The molecule has 492 valence electrons. The Labute approximate surface area is 505 Å². The average molecular weight is 1230 g/mol. The van der Waals surface area contributed by atoms with Gasteiger partial charge in [0.2, 0.25) is 0 Å². The number of ether oxygens (including phenoxy) is 4. The molecule has 0 saturated heterocycles. The predicted octanol–water partition coefficient (Wildman–Crippen LogP) is 17.4. The number of unbranched alkanes of at least 4 members (excludes halogenated alkanes) is 25. The van der Waals surface area contributed by atoms with Crippen LogP contribution in [0.25, 0.3) is 0 Å². The van der Waals surface area contributed by atoms with E-state index in [1.807, 2.05) is 0 Å². The van der Waals surface area contributed by atoms with Gasteiger partial charge in [-0.2, -0.15) is 0 Å². The zero-order valence-electron chi connectivity index (χ0n) is 53.8. The first-order valence-corrected chi connectivity index (χ1v) is 36.3. The van der Waals surface area contributed by atoms with Crippen LogP contribution in [-0.4, -0.2) is 96.7 Å². The fourth-order valence-electron chi connectivity index (χ4n) is 9.36. The van der Waals surface area contributed by atoms with Crippen molar-refractivity contribution < 1.29 is 80.2 Å². The molecule has 0 radical (unpaired) electrons. The summed E-state index contributed by atoms with van der Waals surface area (Å²) >= 11 is 0. The molecular weight excluding hydrogens is 1100 g/mol. The van der Waals surface area contributed by atoms with Gasteiger partial charge in [0.15, 0.2) is 12.2 Å². The maximum atomic E-state index is 13.0. The Morgan fingerprint density at radius 2 is 0.578 bits per heavy atom. The van der Waals surface area contributed by atoms with E-state index >= 15 is 0 Å².